The highest BCUT2D eigenvalue weighted by molar-refractivity contribution is 5.58. The van der Waals surface area contributed by atoms with Crippen molar-refractivity contribution in [3.63, 3.8) is 0 Å². The predicted octanol–water partition coefficient (Wildman–Crippen LogP) is 2.15. The fraction of sp³-hybridized carbons (Fsp3) is 0.520. The Kier molecular flexibility index (Phi) is 7.68. The molecule has 0 unspecified atom stereocenters. The summed E-state index contributed by atoms with van der Waals surface area (Å²) in [6.07, 6.45) is -0.511. The molecule has 1 aliphatic rings. The molecule has 3 rings (SSSR count). The molecule has 1 atom stereocenters. The summed E-state index contributed by atoms with van der Waals surface area (Å²) < 4.78 is 16.9. The topological polar surface area (TPSA) is 55.6 Å². The van der Waals surface area contributed by atoms with Gasteiger partial charge in [-0.15, -0.1) is 0 Å². The summed E-state index contributed by atoms with van der Waals surface area (Å²) in [7, 11) is 3.38. The first-order valence-corrected chi connectivity index (χ1v) is 11.0. The van der Waals surface area contributed by atoms with E-state index in [1.807, 2.05) is 36.4 Å². The van der Waals surface area contributed by atoms with Gasteiger partial charge in [0.25, 0.3) is 0 Å². The van der Waals surface area contributed by atoms with Crippen molar-refractivity contribution in [2.24, 2.45) is 0 Å². The molecule has 0 aromatic heterocycles. The maximum Gasteiger partial charge on any atom is 0.142 e. The van der Waals surface area contributed by atoms with E-state index in [0.717, 1.165) is 54.7 Å². The van der Waals surface area contributed by atoms with Gasteiger partial charge in [0.2, 0.25) is 0 Å². The summed E-state index contributed by atoms with van der Waals surface area (Å²) in [6.45, 7) is 11.3. The van der Waals surface area contributed by atoms with E-state index in [1.165, 1.54) is 4.90 Å². The van der Waals surface area contributed by atoms with E-state index >= 15 is 0 Å². The SMILES string of the molecule is COc1ccc(OC[C@H](O)C[NH+]2CCN(c3ccccc3OC)CC2)c(C(C)(C)C)c1. The number of benzene rings is 2. The first-order valence-electron chi connectivity index (χ1n) is 11.0. The average molecular weight is 430 g/mol. The van der Waals surface area contributed by atoms with Crippen LogP contribution in [0.15, 0.2) is 42.5 Å². The molecule has 1 aliphatic heterocycles. The van der Waals surface area contributed by atoms with Crippen molar-refractivity contribution in [3.05, 3.63) is 48.0 Å². The zero-order valence-electron chi connectivity index (χ0n) is 19.5. The summed E-state index contributed by atoms with van der Waals surface area (Å²) in [6, 6.07) is 14.0. The van der Waals surface area contributed by atoms with E-state index in [-0.39, 0.29) is 12.0 Å². The van der Waals surface area contributed by atoms with Crippen LogP contribution in [0.5, 0.6) is 17.2 Å². The second kappa shape index (κ2) is 10.2. The van der Waals surface area contributed by atoms with Gasteiger partial charge < -0.3 is 29.1 Å². The summed E-state index contributed by atoms with van der Waals surface area (Å²) in [5.41, 5.74) is 2.15. The van der Waals surface area contributed by atoms with E-state index in [1.54, 1.807) is 14.2 Å². The predicted molar refractivity (Wildman–Crippen MR) is 124 cm³/mol. The number of hydrogen-bond acceptors (Lipinski definition) is 5. The summed E-state index contributed by atoms with van der Waals surface area (Å²) in [4.78, 5) is 3.76. The number of aliphatic hydroxyl groups is 1. The third kappa shape index (κ3) is 6.05. The second-order valence-corrected chi connectivity index (χ2v) is 9.19. The van der Waals surface area contributed by atoms with Gasteiger partial charge in [-0.1, -0.05) is 32.9 Å². The van der Waals surface area contributed by atoms with Gasteiger partial charge in [0.15, 0.2) is 0 Å². The molecule has 2 aromatic rings. The molecule has 6 heteroatoms. The summed E-state index contributed by atoms with van der Waals surface area (Å²) in [5, 5.41) is 10.6. The third-order valence-electron chi connectivity index (χ3n) is 5.85. The largest absolute Gasteiger partial charge is 0.497 e. The number of hydrogen-bond donors (Lipinski definition) is 2. The second-order valence-electron chi connectivity index (χ2n) is 9.19. The minimum absolute atomic E-state index is 0.0745. The molecule has 0 radical (unpaired) electrons. The van der Waals surface area contributed by atoms with Crippen LogP contribution in [0.4, 0.5) is 5.69 Å². The van der Waals surface area contributed by atoms with Gasteiger partial charge >= 0.3 is 0 Å². The number of methoxy groups -OCH3 is 2. The highest BCUT2D eigenvalue weighted by Gasteiger charge is 2.25. The van der Waals surface area contributed by atoms with Crippen molar-refractivity contribution in [3.8, 4) is 17.2 Å². The highest BCUT2D eigenvalue weighted by atomic mass is 16.5. The number of piperazine rings is 1. The van der Waals surface area contributed by atoms with Crippen LogP contribution < -0.4 is 24.0 Å². The molecule has 1 fully saturated rings. The third-order valence-corrected chi connectivity index (χ3v) is 5.85. The van der Waals surface area contributed by atoms with Crippen LogP contribution >= 0.6 is 0 Å². The Morgan fingerprint density at radius 2 is 1.71 bits per heavy atom. The molecule has 170 valence electrons. The Morgan fingerprint density at radius 1 is 1.00 bits per heavy atom. The number of rotatable bonds is 8. The van der Waals surface area contributed by atoms with Crippen LogP contribution in [0.1, 0.15) is 26.3 Å². The zero-order chi connectivity index (χ0) is 22.4. The van der Waals surface area contributed by atoms with Crippen molar-refractivity contribution in [1.82, 2.24) is 0 Å². The number of ether oxygens (including phenoxy) is 3. The smallest absolute Gasteiger partial charge is 0.142 e. The highest BCUT2D eigenvalue weighted by Crippen LogP contribution is 2.34. The van der Waals surface area contributed by atoms with Gasteiger partial charge in [-0.2, -0.15) is 0 Å². The van der Waals surface area contributed by atoms with Gasteiger partial charge in [0.05, 0.1) is 46.1 Å². The molecular weight excluding hydrogens is 392 g/mol. The lowest BCUT2D eigenvalue weighted by molar-refractivity contribution is -0.903. The van der Waals surface area contributed by atoms with Crippen molar-refractivity contribution in [2.75, 3.05) is 58.5 Å². The Balaban J connectivity index is 1.52. The number of para-hydroxylation sites is 2. The van der Waals surface area contributed by atoms with Gasteiger partial charge in [-0.25, -0.2) is 0 Å². The number of nitrogens with zero attached hydrogens (tertiary/aromatic N) is 1. The Morgan fingerprint density at radius 3 is 2.35 bits per heavy atom. The molecule has 2 N–H and O–H groups in total. The van der Waals surface area contributed by atoms with Gasteiger partial charge in [-0.3, -0.25) is 0 Å². The molecule has 0 amide bonds. The number of anilines is 1. The molecule has 6 nitrogen and oxygen atoms in total. The maximum atomic E-state index is 10.6. The van der Waals surface area contributed by atoms with Gasteiger partial charge in [0, 0.05) is 5.56 Å². The normalized spacial score (nSPS) is 16.1. The molecule has 0 saturated carbocycles. The fourth-order valence-corrected chi connectivity index (χ4v) is 4.09. The van der Waals surface area contributed by atoms with E-state index < -0.39 is 6.10 Å². The van der Waals surface area contributed by atoms with E-state index in [2.05, 4.69) is 31.7 Å². The van der Waals surface area contributed by atoms with Gasteiger partial charge in [0.1, 0.15) is 36.5 Å². The Bertz CT molecular complexity index is 842. The molecule has 31 heavy (non-hydrogen) atoms. The Hall–Kier alpha value is -2.44. The van der Waals surface area contributed by atoms with Crippen molar-refractivity contribution >= 4 is 5.69 Å². The first-order chi connectivity index (χ1) is 14.8. The lowest BCUT2D eigenvalue weighted by Gasteiger charge is -2.35. The number of aliphatic hydroxyl groups excluding tert-OH is 1. The van der Waals surface area contributed by atoms with Crippen molar-refractivity contribution in [1.29, 1.82) is 0 Å². The van der Waals surface area contributed by atoms with Crippen molar-refractivity contribution < 1.29 is 24.2 Å². The molecule has 2 aromatic carbocycles. The monoisotopic (exact) mass is 429 g/mol. The van der Waals surface area contributed by atoms with Crippen LogP contribution in [0.3, 0.4) is 0 Å². The minimum atomic E-state index is -0.511. The quantitative estimate of drug-likeness (QED) is 0.674. The lowest BCUT2D eigenvalue weighted by Crippen LogP contribution is -3.16. The number of nitrogens with one attached hydrogen (secondary N) is 1. The van der Waals surface area contributed by atoms with E-state index in [0.29, 0.717) is 6.54 Å². The molecular formula is C25H37N2O4+. The van der Waals surface area contributed by atoms with Crippen molar-refractivity contribution in [2.45, 2.75) is 32.3 Å². The lowest BCUT2D eigenvalue weighted by atomic mass is 9.86. The summed E-state index contributed by atoms with van der Waals surface area (Å²) >= 11 is 0. The molecule has 0 bridgehead atoms. The Labute approximate surface area is 186 Å². The molecule has 0 spiro atoms. The molecule has 1 saturated heterocycles. The van der Waals surface area contributed by atoms with Crippen LogP contribution in [-0.4, -0.2) is 64.8 Å². The van der Waals surface area contributed by atoms with Crippen LogP contribution in [0.25, 0.3) is 0 Å². The van der Waals surface area contributed by atoms with Crippen LogP contribution in [0.2, 0.25) is 0 Å². The maximum absolute atomic E-state index is 10.6. The summed E-state index contributed by atoms with van der Waals surface area (Å²) in [5.74, 6) is 2.53. The van der Waals surface area contributed by atoms with Crippen LogP contribution in [-0.2, 0) is 5.41 Å². The molecule has 0 aliphatic carbocycles. The van der Waals surface area contributed by atoms with Crippen LogP contribution in [0, 0.1) is 0 Å². The fourth-order valence-electron chi connectivity index (χ4n) is 4.09. The van der Waals surface area contributed by atoms with E-state index in [9.17, 15) is 5.11 Å². The minimum Gasteiger partial charge on any atom is -0.497 e. The average Bonchev–Trinajstić information content (AvgIpc) is 2.77. The van der Waals surface area contributed by atoms with Gasteiger partial charge in [-0.05, 0) is 35.7 Å². The standard InChI is InChI=1S/C25H36N2O4/c1-25(2,3)21-16-20(29-4)10-11-23(21)31-18-19(28)17-26-12-14-27(15-13-26)22-8-6-7-9-24(22)30-5/h6-11,16,19,28H,12-15,17-18H2,1-5H3/p+1/t19-/m1/s1. The first kappa shape index (κ1) is 23.2. The number of quaternary nitrogens is 1. The zero-order valence-corrected chi connectivity index (χ0v) is 19.5. The molecule has 1 heterocycles. The van der Waals surface area contributed by atoms with E-state index in [4.69, 9.17) is 14.2 Å².